The minimum Gasteiger partial charge on any atom is -0.489 e. The number of amides is 2. The van der Waals surface area contributed by atoms with Crippen LogP contribution in [0.1, 0.15) is 25.6 Å². The van der Waals surface area contributed by atoms with Crippen molar-refractivity contribution in [3.8, 4) is 5.75 Å². The molecule has 0 radical (unpaired) electrons. The standard InChI is InChI=1S/C23H17FN2O3S/c24-18-7-4-8-19-20(18)17(13-29-16-5-2-1-3-6-16)21(30-19)23(28)26-15-11-9-14(10-12-15)22(25)27/h1-12H,13H2,(H2,25,27)(H,26,28). The smallest absolute Gasteiger partial charge is 0.266 e. The van der Waals surface area contributed by atoms with Crippen molar-refractivity contribution in [2.75, 3.05) is 5.32 Å². The lowest BCUT2D eigenvalue weighted by molar-refractivity contribution is 0.0998. The predicted molar refractivity (Wildman–Crippen MR) is 115 cm³/mol. The first-order valence-corrected chi connectivity index (χ1v) is 9.93. The van der Waals surface area contributed by atoms with E-state index in [0.29, 0.717) is 37.5 Å². The molecule has 0 saturated carbocycles. The second-order valence-corrected chi connectivity index (χ2v) is 7.57. The normalized spacial score (nSPS) is 10.7. The fourth-order valence-electron chi connectivity index (χ4n) is 3.07. The lowest BCUT2D eigenvalue weighted by Gasteiger charge is -2.09. The van der Waals surface area contributed by atoms with Gasteiger partial charge in [0.15, 0.2) is 0 Å². The van der Waals surface area contributed by atoms with Gasteiger partial charge in [-0.05, 0) is 48.5 Å². The molecule has 0 aliphatic heterocycles. The Morgan fingerprint density at radius 1 is 0.967 bits per heavy atom. The first-order valence-electron chi connectivity index (χ1n) is 9.12. The molecule has 0 bridgehead atoms. The minimum absolute atomic E-state index is 0.0499. The molecule has 150 valence electrons. The minimum atomic E-state index is -0.548. The van der Waals surface area contributed by atoms with Gasteiger partial charge in [0.25, 0.3) is 5.91 Å². The van der Waals surface area contributed by atoms with Gasteiger partial charge in [-0.1, -0.05) is 24.3 Å². The van der Waals surface area contributed by atoms with Crippen molar-refractivity contribution in [3.05, 3.63) is 94.6 Å². The van der Waals surface area contributed by atoms with Crippen molar-refractivity contribution in [1.82, 2.24) is 0 Å². The number of hydrogen-bond donors (Lipinski definition) is 2. The maximum absolute atomic E-state index is 14.6. The second kappa shape index (κ2) is 8.34. The third-order valence-corrected chi connectivity index (χ3v) is 5.72. The van der Waals surface area contributed by atoms with E-state index in [1.54, 1.807) is 36.4 Å². The largest absolute Gasteiger partial charge is 0.489 e. The number of halogens is 1. The first-order chi connectivity index (χ1) is 14.5. The lowest BCUT2D eigenvalue weighted by Crippen LogP contribution is -2.14. The maximum atomic E-state index is 14.6. The van der Waals surface area contributed by atoms with Crippen LogP contribution in [-0.4, -0.2) is 11.8 Å². The fraction of sp³-hybridized carbons (Fsp3) is 0.0435. The molecule has 7 heteroatoms. The SMILES string of the molecule is NC(=O)c1ccc(NC(=O)c2sc3cccc(F)c3c2COc2ccccc2)cc1. The average Bonchev–Trinajstić information content (AvgIpc) is 3.13. The van der Waals surface area contributed by atoms with Gasteiger partial charge in [0.05, 0.1) is 0 Å². The summed E-state index contributed by atoms with van der Waals surface area (Å²) >= 11 is 1.20. The summed E-state index contributed by atoms with van der Waals surface area (Å²) in [4.78, 5) is 24.5. The van der Waals surface area contributed by atoms with E-state index < -0.39 is 11.7 Å². The highest BCUT2D eigenvalue weighted by atomic mass is 32.1. The van der Waals surface area contributed by atoms with Crippen molar-refractivity contribution in [2.45, 2.75) is 6.61 Å². The molecule has 0 saturated heterocycles. The fourth-order valence-corrected chi connectivity index (χ4v) is 4.18. The van der Waals surface area contributed by atoms with Gasteiger partial charge in [-0.3, -0.25) is 9.59 Å². The van der Waals surface area contributed by atoms with Gasteiger partial charge >= 0.3 is 0 Å². The number of anilines is 1. The number of ether oxygens (including phenoxy) is 1. The Hall–Kier alpha value is -3.71. The molecule has 0 unspecified atom stereocenters. The molecule has 2 amide bonds. The van der Waals surface area contributed by atoms with Gasteiger partial charge in [0.1, 0.15) is 23.1 Å². The van der Waals surface area contributed by atoms with Gasteiger partial charge in [-0.2, -0.15) is 0 Å². The second-order valence-electron chi connectivity index (χ2n) is 6.52. The first kappa shape index (κ1) is 19.6. The van der Waals surface area contributed by atoms with Crippen LogP contribution >= 0.6 is 11.3 Å². The molecule has 5 nitrogen and oxygen atoms in total. The topological polar surface area (TPSA) is 81.4 Å². The van der Waals surface area contributed by atoms with Gasteiger partial charge < -0.3 is 15.8 Å². The summed E-state index contributed by atoms with van der Waals surface area (Å²) in [5.74, 6) is -0.704. The summed E-state index contributed by atoms with van der Waals surface area (Å²) in [7, 11) is 0. The number of rotatable bonds is 6. The zero-order chi connectivity index (χ0) is 21.1. The molecule has 3 aromatic carbocycles. The van der Waals surface area contributed by atoms with Crippen molar-refractivity contribution in [2.24, 2.45) is 5.73 Å². The Bertz CT molecular complexity index is 1220. The highest BCUT2D eigenvalue weighted by Gasteiger charge is 2.21. The summed E-state index contributed by atoms with van der Waals surface area (Å²) in [6, 6.07) is 20.1. The van der Waals surface area contributed by atoms with Crippen molar-refractivity contribution in [3.63, 3.8) is 0 Å². The van der Waals surface area contributed by atoms with Crippen molar-refractivity contribution < 1.29 is 18.7 Å². The summed E-state index contributed by atoms with van der Waals surface area (Å²) in [5, 5.41) is 3.17. The van der Waals surface area contributed by atoms with Crippen LogP contribution in [0.3, 0.4) is 0 Å². The quantitative estimate of drug-likeness (QED) is 0.462. The third kappa shape index (κ3) is 4.01. The molecular weight excluding hydrogens is 403 g/mol. The van der Waals surface area contributed by atoms with Crippen LogP contribution in [0.15, 0.2) is 72.8 Å². The third-order valence-electron chi connectivity index (χ3n) is 4.52. The highest BCUT2D eigenvalue weighted by Crippen LogP contribution is 2.34. The summed E-state index contributed by atoms with van der Waals surface area (Å²) in [6.45, 7) is 0.0499. The van der Waals surface area contributed by atoms with Gasteiger partial charge in [-0.25, -0.2) is 4.39 Å². The number of nitrogens with two attached hydrogens (primary N) is 1. The molecule has 3 N–H and O–H groups in total. The van der Waals surface area contributed by atoms with Crippen molar-refractivity contribution >= 4 is 38.9 Å². The number of thiophene rings is 1. The Morgan fingerprint density at radius 3 is 2.40 bits per heavy atom. The van der Waals surface area contributed by atoms with Crippen LogP contribution in [0.4, 0.5) is 10.1 Å². The summed E-state index contributed by atoms with van der Waals surface area (Å²) in [5.41, 5.74) is 6.57. The number of primary amides is 1. The molecule has 0 spiro atoms. The average molecular weight is 420 g/mol. The zero-order valence-corrected chi connectivity index (χ0v) is 16.5. The molecule has 0 aliphatic carbocycles. The molecule has 0 aliphatic rings. The Morgan fingerprint density at radius 2 is 1.70 bits per heavy atom. The van der Waals surface area contributed by atoms with E-state index in [1.807, 2.05) is 18.2 Å². The van der Waals surface area contributed by atoms with Crippen molar-refractivity contribution in [1.29, 1.82) is 0 Å². The number of benzene rings is 3. The van der Waals surface area contributed by atoms with E-state index in [2.05, 4.69) is 5.32 Å². The molecule has 0 fully saturated rings. The molecule has 30 heavy (non-hydrogen) atoms. The van der Waals surface area contributed by atoms with Crippen LogP contribution in [0.2, 0.25) is 0 Å². The van der Waals surface area contributed by atoms with Crippen LogP contribution in [0.5, 0.6) is 5.75 Å². The van der Waals surface area contributed by atoms with E-state index in [9.17, 15) is 14.0 Å². The Kier molecular flexibility index (Phi) is 5.45. The predicted octanol–water partition coefficient (Wildman–Crippen LogP) is 4.97. The molecule has 0 atom stereocenters. The number of para-hydroxylation sites is 1. The number of hydrogen-bond acceptors (Lipinski definition) is 4. The van der Waals surface area contributed by atoms with Gasteiger partial charge in [0, 0.05) is 26.9 Å². The molecule has 4 aromatic rings. The van der Waals surface area contributed by atoms with E-state index >= 15 is 0 Å². The molecule has 1 heterocycles. The number of carbonyl (C=O) groups excluding carboxylic acids is 2. The maximum Gasteiger partial charge on any atom is 0.266 e. The van der Waals surface area contributed by atoms with Gasteiger partial charge in [0.2, 0.25) is 5.91 Å². The van der Waals surface area contributed by atoms with E-state index in [4.69, 9.17) is 10.5 Å². The molecule has 4 rings (SSSR count). The monoisotopic (exact) mass is 420 g/mol. The van der Waals surface area contributed by atoms with Crippen LogP contribution in [0.25, 0.3) is 10.1 Å². The van der Waals surface area contributed by atoms with Crippen LogP contribution in [0, 0.1) is 5.82 Å². The molecular formula is C23H17FN2O3S. The van der Waals surface area contributed by atoms with Crippen LogP contribution in [-0.2, 0) is 6.61 Å². The number of nitrogens with one attached hydrogen (secondary N) is 1. The lowest BCUT2D eigenvalue weighted by atomic mass is 10.1. The van der Waals surface area contributed by atoms with E-state index in [1.165, 1.54) is 29.5 Å². The Labute approximate surface area is 175 Å². The summed E-state index contributed by atoms with van der Waals surface area (Å²) < 4.78 is 21.0. The highest BCUT2D eigenvalue weighted by molar-refractivity contribution is 7.21. The van der Waals surface area contributed by atoms with Crippen LogP contribution < -0.4 is 15.8 Å². The Balaban J connectivity index is 1.66. The number of fused-ring (bicyclic) bond motifs is 1. The zero-order valence-electron chi connectivity index (χ0n) is 15.7. The van der Waals surface area contributed by atoms with E-state index in [-0.39, 0.29) is 12.5 Å². The number of carbonyl (C=O) groups is 2. The van der Waals surface area contributed by atoms with Gasteiger partial charge in [-0.15, -0.1) is 11.3 Å². The van der Waals surface area contributed by atoms with E-state index in [0.717, 1.165) is 0 Å². The summed E-state index contributed by atoms with van der Waals surface area (Å²) in [6.07, 6.45) is 0. The molecule has 1 aromatic heterocycles.